The molecule has 0 saturated carbocycles. The lowest BCUT2D eigenvalue weighted by Crippen LogP contribution is -2.43. The largest absolute Gasteiger partial charge is 0.368 e. The van der Waals surface area contributed by atoms with Crippen LogP contribution in [0.1, 0.15) is 39.4 Å². The molecule has 0 aliphatic carbocycles. The number of morpholine rings is 1. The molecule has 0 bridgehead atoms. The van der Waals surface area contributed by atoms with Gasteiger partial charge >= 0.3 is 0 Å². The van der Waals surface area contributed by atoms with E-state index < -0.39 is 6.10 Å². The second-order valence-corrected chi connectivity index (χ2v) is 5.57. The fourth-order valence-corrected chi connectivity index (χ4v) is 2.73. The van der Waals surface area contributed by atoms with Crippen LogP contribution in [-0.4, -0.2) is 45.6 Å². The molecule has 1 N–H and O–H groups in total. The number of aromatic nitrogens is 3. The number of rotatable bonds is 2. The minimum atomic E-state index is -0.422. The summed E-state index contributed by atoms with van der Waals surface area (Å²) in [5, 5.41) is 3.82. The topological polar surface area (TPSA) is 101 Å². The van der Waals surface area contributed by atoms with E-state index in [1.807, 2.05) is 0 Å². The molecule has 1 aliphatic rings. The van der Waals surface area contributed by atoms with Crippen LogP contribution in [0.25, 0.3) is 0 Å². The number of aryl methyl sites for hydroxylation is 3. The molecule has 0 unspecified atom stereocenters. The highest BCUT2D eigenvalue weighted by Crippen LogP contribution is 2.23. The minimum absolute atomic E-state index is 0.142. The minimum Gasteiger partial charge on any atom is -0.368 e. The van der Waals surface area contributed by atoms with Gasteiger partial charge in [0.15, 0.2) is 0 Å². The molecular weight excluding hydrogens is 300 g/mol. The molecule has 1 atom stereocenters. The number of hydrogen-bond donors (Lipinski definition) is 1. The van der Waals surface area contributed by atoms with E-state index in [-0.39, 0.29) is 11.5 Å². The molecule has 0 radical (unpaired) electrons. The molecule has 1 aliphatic heterocycles. The molecule has 3 heterocycles. The van der Waals surface area contributed by atoms with Crippen molar-refractivity contribution in [3.63, 3.8) is 0 Å². The third-order valence-corrected chi connectivity index (χ3v) is 3.81. The van der Waals surface area contributed by atoms with Crippen molar-refractivity contribution in [1.29, 1.82) is 0 Å². The Kier molecular flexibility index (Phi) is 3.99. The van der Waals surface area contributed by atoms with Gasteiger partial charge in [-0.1, -0.05) is 5.16 Å². The van der Waals surface area contributed by atoms with Gasteiger partial charge < -0.3 is 19.1 Å². The van der Waals surface area contributed by atoms with E-state index >= 15 is 0 Å². The van der Waals surface area contributed by atoms with Crippen LogP contribution in [-0.2, 0) is 4.74 Å². The van der Waals surface area contributed by atoms with Crippen molar-refractivity contribution in [3.8, 4) is 0 Å². The zero-order valence-electron chi connectivity index (χ0n) is 13.3. The predicted molar refractivity (Wildman–Crippen MR) is 80.2 cm³/mol. The smallest absolute Gasteiger partial charge is 0.259 e. The lowest BCUT2D eigenvalue weighted by molar-refractivity contribution is -0.0249. The molecule has 1 saturated heterocycles. The molecule has 2 aromatic heterocycles. The maximum absolute atomic E-state index is 12.7. The summed E-state index contributed by atoms with van der Waals surface area (Å²) in [6.45, 7) is 6.35. The first-order valence-electron chi connectivity index (χ1n) is 7.37. The van der Waals surface area contributed by atoms with E-state index in [1.165, 1.54) is 6.07 Å². The van der Waals surface area contributed by atoms with Gasteiger partial charge in [0.2, 0.25) is 0 Å². The number of H-pyrrole nitrogens is 1. The first-order valence-corrected chi connectivity index (χ1v) is 7.37. The summed E-state index contributed by atoms with van der Waals surface area (Å²) < 4.78 is 10.7. The molecular formula is C15H18N4O4. The SMILES string of the molecule is Cc1nc([C@H]2CN(C(=O)c3c(C)noc3C)CCO2)cc(=O)[nH]1. The van der Waals surface area contributed by atoms with Gasteiger partial charge in [-0.3, -0.25) is 9.59 Å². The molecule has 1 fully saturated rings. The molecule has 0 aromatic carbocycles. The van der Waals surface area contributed by atoms with Crippen LogP contribution >= 0.6 is 0 Å². The maximum Gasteiger partial charge on any atom is 0.259 e. The molecule has 122 valence electrons. The predicted octanol–water partition coefficient (Wildman–Crippen LogP) is 0.897. The van der Waals surface area contributed by atoms with Crippen LogP contribution in [0, 0.1) is 20.8 Å². The highest BCUT2D eigenvalue weighted by Gasteiger charge is 2.30. The van der Waals surface area contributed by atoms with Crippen LogP contribution in [0.4, 0.5) is 0 Å². The van der Waals surface area contributed by atoms with Crippen molar-refractivity contribution >= 4 is 5.91 Å². The number of carbonyl (C=O) groups is 1. The van der Waals surface area contributed by atoms with Crippen LogP contribution in [0.2, 0.25) is 0 Å². The standard InChI is InChI=1S/C15H18N4O4/c1-8-14(9(2)23-18-8)15(21)19-4-5-22-12(7-19)11-6-13(20)17-10(3)16-11/h6,12H,4-5,7H2,1-3H3,(H,16,17,20)/t12-/m1/s1. The van der Waals surface area contributed by atoms with E-state index in [0.717, 1.165) is 0 Å². The summed E-state index contributed by atoms with van der Waals surface area (Å²) in [6, 6.07) is 1.40. The van der Waals surface area contributed by atoms with Crippen LogP contribution in [0.5, 0.6) is 0 Å². The molecule has 0 spiro atoms. The summed E-state index contributed by atoms with van der Waals surface area (Å²) in [6.07, 6.45) is -0.422. The molecule has 8 nitrogen and oxygen atoms in total. The first kappa shape index (κ1) is 15.4. The van der Waals surface area contributed by atoms with E-state index in [2.05, 4.69) is 15.1 Å². The number of aromatic amines is 1. The maximum atomic E-state index is 12.7. The Morgan fingerprint density at radius 3 is 2.83 bits per heavy atom. The van der Waals surface area contributed by atoms with Gasteiger partial charge in [-0.25, -0.2) is 4.98 Å². The first-order chi connectivity index (χ1) is 11.0. The fourth-order valence-electron chi connectivity index (χ4n) is 2.73. The summed E-state index contributed by atoms with van der Waals surface area (Å²) in [5.74, 6) is 0.877. The van der Waals surface area contributed by atoms with Gasteiger partial charge in [0.25, 0.3) is 11.5 Å². The summed E-state index contributed by atoms with van der Waals surface area (Å²) >= 11 is 0. The quantitative estimate of drug-likeness (QED) is 0.882. The Morgan fingerprint density at radius 1 is 1.39 bits per heavy atom. The van der Waals surface area contributed by atoms with Crippen LogP contribution in [0.15, 0.2) is 15.4 Å². The van der Waals surface area contributed by atoms with Gasteiger partial charge in [-0.05, 0) is 20.8 Å². The lowest BCUT2D eigenvalue weighted by Gasteiger charge is -2.32. The van der Waals surface area contributed by atoms with E-state index in [0.29, 0.717) is 48.2 Å². The number of amides is 1. The fraction of sp³-hybridized carbons (Fsp3) is 0.467. The van der Waals surface area contributed by atoms with Gasteiger partial charge in [0.1, 0.15) is 23.3 Å². The Hall–Kier alpha value is -2.48. The van der Waals surface area contributed by atoms with Crippen LogP contribution in [0.3, 0.4) is 0 Å². The molecule has 3 rings (SSSR count). The van der Waals surface area contributed by atoms with Crippen molar-refractivity contribution < 1.29 is 14.1 Å². The third-order valence-electron chi connectivity index (χ3n) is 3.81. The van der Waals surface area contributed by atoms with Crippen molar-refractivity contribution in [2.45, 2.75) is 26.9 Å². The van der Waals surface area contributed by atoms with Crippen molar-refractivity contribution in [2.75, 3.05) is 19.7 Å². The zero-order chi connectivity index (χ0) is 16.6. The molecule has 23 heavy (non-hydrogen) atoms. The van der Waals surface area contributed by atoms with Crippen molar-refractivity contribution in [1.82, 2.24) is 20.0 Å². The zero-order valence-corrected chi connectivity index (χ0v) is 13.3. The van der Waals surface area contributed by atoms with Gasteiger partial charge in [-0.15, -0.1) is 0 Å². The van der Waals surface area contributed by atoms with E-state index in [4.69, 9.17) is 9.26 Å². The van der Waals surface area contributed by atoms with Gasteiger partial charge in [0.05, 0.1) is 24.5 Å². The molecule has 1 amide bonds. The number of carbonyl (C=O) groups excluding carboxylic acids is 1. The monoisotopic (exact) mass is 318 g/mol. The number of nitrogens with zero attached hydrogens (tertiary/aromatic N) is 3. The Morgan fingerprint density at radius 2 is 2.17 bits per heavy atom. The molecule has 8 heteroatoms. The average molecular weight is 318 g/mol. The van der Waals surface area contributed by atoms with Gasteiger partial charge in [0, 0.05) is 12.6 Å². The number of ether oxygens (including phenoxy) is 1. The summed E-state index contributed by atoms with van der Waals surface area (Å²) in [7, 11) is 0. The summed E-state index contributed by atoms with van der Waals surface area (Å²) in [5.41, 5.74) is 1.36. The van der Waals surface area contributed by atoms with E-state index in [9.17, 15) is 9.59 Å². The second-order valence-electron chi connectivity index (χ2n) is 5.57. The third kappa shape index (κ3) is 3.02. The lowest BCUT2D eigenvalue weighted by atomic mass is 10.1. The number of hydrogen-bond acceptors (Lipinski definition) is 6. The Balaban J connectivity index is 1.83. The normalized spacial score (nSPS) is 18.2. The molecule has 2 aromatic rings. The van der Waals surface area contributed by atoms with E-state index in [1.54, 1.807) is 25.7 Å². The second kappa shape index (κ2) is 5.96. The Labute approximate surface area is 132 Å². The highest BCUT2D eigenvalue weighted by atomic mass is 16.5. The van der Waals surface area contributed by atoms with Crippen molar-refractivity contribution in [3.05, 3.63) is 45.0 Å². The van der Waals surface area contributed by atoms with Gasteiger partial charge in [-0.2, -0.15) is 0 Å². The summed E-state index contributed by atoms with van der Waals surface area (Å²) in [4.78, 5) is 32.9. The number of nitrogens with one attached hydrogen (secondary N) is 1. The Bertz CT molecular complexity index is 776. The van der Waals surface area contributed by atoms with Crippen molar-refractivity contribution in [2.24, 2.45) is 0 Å². The highest BCUT2D eigenvalue weighted by molar-refractivity contribution is 5.96. The van der Waals surface area contributed by atoms with Crippen LogP contribution < -0.4 is 5.56 Å². The average Bonchev–Trinajstić information content (AvgIpc) is 2.85.